The van der Waals surface area contributed by atoms with Gasteiger partial charge in [0.15, 0.2) is 5.92 Å². The van der Waals surface area contributed by atoms with E-state index < -0.39 is 32.9 Å². The van der Waals surface area contributed by atoms with E-state index in [1.54, 1.807) is 6.07 Å². The van der Waals surface area contributed by atoms with Gasteiger partial charge >= 0.3 is 5.66 Å². The number of nitrogens with zero attached hydrogens (tertiary/aromatic N) is 3. The average Bonchev–Trinajstić information content (AvgIpc) is 2.35. The van der Waals surface area contributed by atoms with Crippen LogP contribution in [-0.2, 0) is 0 Å². The molecule has 9 heteroatoms. The van der Waals surface area contributed by atoms with Crippen LogP contribution in [0.25, 0.3) is 0 Å². The third-order valence-corrected chi connectivity index (χ3v) is 2.93. The molecule has 0 N–H and O–H groups in total. The first-order chi connectivity index (χ1) is 8.80. The fourth-order valence-corrected chi connectivity index (χ4v) is 1.75. The van der Waals surface area contributed by atoms with Gasteiger partial charge in [0.2, 0.25) is 6.54 Å². The average molecular weight is 269 g/mol. The summed E-state index contributed by atoms with van der Waals surface area (Å²) in [5, 5.41) is 32.6. The monoisotopic (exact) mass is 269 g/mol. The van der Waals surface area contributed by atoms with Crippen molar-refractivity contribution in [3.05, 3.63) is 66.2 Å². The maximum absolute atomic E-state index is 11.0. The standard InChI is InChI=1S/C10H11N3O6/c1-10(12(16)17,13(18)19)9(7-11(14)15)8-5-3-2-4-6-8/h2-6,9H,7H2,1H3. The van der Waals surface area contributed by atoms with E-state index in [0.29, 0.717) is 0 Å². The van der Waals surface area contributed by atoms with Crippen LogP contribution in [0.2, 0.25) is 0 Å². The summed E-state index contributed by atoms with van der Waals surface area (Å²) in [6.45, 7) is -0.101. The molecule has 0 aliphatic carbocycles. The van der Waals surface area contributed by atoms with Crippen LogP contribution in [0.3, 0.4) is 0 Å². The first-order valence-electron chi connectivity index (χ1n) is 5.26. The van der Waals surface area contributed by atoms with Gasteiger partial charge < -0.3 is 0 Å². The van der Waals surface area contributed by atoms with Gasteiger partial charge in [-0.2, -0.15) is 0 Å². The van der Waals surface area contributed by atoms with Crippen molar-refractivity contribution in [2.45, 2.75) is 18.5 Å². The Bertz CT molecular complexity index is 489. The number of benzene rings is 1. The Balaban J connectivity index is 3.34. The second-order valence-corrected chi connectivity index (χ2v) is 4.09. The highest BCUT2D eigenvalue weighted by Gasteiger charge is 2.60. The van der Waals surface area contributed by atoms with Crippen LogP contribution in [0, 0.1) is 30.3 Å². The van der Waals surface area contributed by atoms with Crippen molar-refractivity contribution in [1.82, 2.24) is 0 Å². The quantitative estimate of drug-likeness (QED) is 0.435. The lowest BCUT2D eigenvalue weighted by Gasteiger charge is -2.20. The molecule has 1 aromatic rings. The molecule has 0 amide bonds. The Hall–Kier alpha value is -2.58. The number of hydrogen-bond donors (Lipinski definition) is 0. The Labute approximate surface area is 107 Å². The Kier molecular flexibility index (Phi) is 4.10. The first kappa shape index (κ1) is 14.5. The molecule has 1 aromatic carbocycles. The summed E-state index contributed by atoms with van der Waals surface area (Å²) in [5.74, 6) is -1.45. The van der Waals surface area contributed by atoms with Gasteiger partial charge in [-0.1, -0.05) is 30.3 Å². The van der Waals surface area contributed by atoms with Gasteiger partial charge in [-0.05, 0) is 5.56 Å². The van der Waals surface area contributed by atoms with Crippen molar-refractivity contribution >= 4 is 0 Å². The molecule has 0 spiro atoms. The summed E-state index contributed by atoms with van der Waals surface area (Å²) in [6, 6.07) is 7.45. The third-order valence-electron chi connectivity index (χ3n) is 2.93. The predicted octanol–water partition coefficient (Wildman–Crippen LogP) is 1.32. The lowest BCUT2D eigenvalue weighted by molar-refractivity contribution is -0.799. The molecule has 0 heterocycles. The highest BCUT2D eigenvalue weighted by Crippen LogP contribution is 2.31. The first-order valence-corrected chi connectivity index (χ1v) is 5.26. The molecule has 1 atom stereocenters. The summed E-state index contributed by atoms with van der Waals surface area (Å²) < 4.78 is 0. The lowest BCUT2D eigenvalue weighted by Crippen LogP contribution is -2.50. The van der Waals surface area contributed by atoms with Gasteiger partial charge in [0.05, 0.1) is 16.8 Å². The zero-order valence-electron chi connectivity index (χ0n) is 9.96. The van der Waals surface area contributed by atoms with Crippen molar-refractivity contribution in [1.29, 1.82) is 0 Å². The van der Waals surface area contributed by atoms with Gasteiger partial charge in [-0.25, -0.2) is 0 Å². The van der Waals surface area contributed by atoms with Gasteiger partial charge in [-0.15, -0.1) is 0 Å². The molecule has 0 aliphatic heterocycles. The van der Waals surface area contributed by atoms with E-state index in [-0.39, 0.29) is 5.56 Å². The molecule has 1 unspecified atom stereocenters. The zero-order valence-corrected chi connectivity index (χ0v) is 9.96. The lowest BCUT2D eigenvalue weighted by atomic mass is 9.87. The second-order valence-electron chi connectivity index (χ2n) is 4.09. The van der Waals surface area contributed by atoms with E-state index in [2.05, 4.69) is 0 Å². The van der Waals surface area contributed by atoms with Crippen LogP contribution in [-0.4, -0.2) is 27.0 Å². The van der Waals surface area contributed by atoms with E-state index in [9.17, 15) is 30.3 Å². The molecule has 0 saturated carbocycles. The molecule has 0 saturated heterocycles. The van der Waals surface area contributed by atoms with Crippen LogP contribution in [0.5, 0.6) is 0 Å². The number of hydrogen-bond acceptors (Lipinski definition) is 6. The van der Waals surface area contributed by atoms with Gasteiger partial charge in [-0.3, -0.25) is 30.3 Å². The van der Waals surface area contributed by atoms with E-state index >= 15 is 0 Å². The maximum atomic E-state index is 11.0. The SMILES string of the molecule is CC(C(C[N+](=O)[O-])c1ccccc1)([N+](=O)[O-])[N+](=O)[O-]. The molecule has 102 valence electrons. The van der Waals surface area contributed by atoms with Crippen molar-refractivity contribution in [3.8, 4) is 0 Å². The minimum absolute atomic E-state index is 0.190. The minimum atomic E-state index is -2.64. The fourth-order valence-electron chi connectivity index (χ4n) is 1.75. The maximum Gasteiger partial charge on any atom is 0.468 e. The third kappa shape index (κ3) is 2.81. The highest BCUT2D eigenvalue weighted by molar-refractivity contribution is 5.21. The second kappa shape index (κ2) is 5.38. The molecular weight excluding hydrogens is 258 g/mol. The minimum Gasteiger partial charge on any atom is -0.265 e. The molecule has 0 bridgehead atoms. The Morgan fingerprint density at radius 3 is 1.89 bits per heavy atom. The largest absolute Gasteiger partial charge is 0.468 e. The van der Waals surface area contributed by atoms with Gasteiger partial charge in [0, 0.05) is 4.92 Å². The van der Waals surface area contributed by atoms with Crippen LogP contribution in [0.1, 0.15) is 18.4 Å². The van der Waals surface area contributed by atoms with E-state index in [1.165, 1.54) is 24.3 Å². The van der Waals surface area contributed by atoms with Crippen LogP contribution >= 0.6 is 0 Å². The number of rotatable bonds is 6. The molecule has 0 fully saturated rings. The zero-order chi connectivity index (χ0) is 14.6. The van der Waals surface area contributed by atoms with Crippen molar-refractivity contribution in [2.75, 3.05) is 6.54 Å². The Morgan fingerprint density at radius 2 is 1.53 bits per heavy atom. The summed E-state index contributed by atoms with van der Waals surface area (Å²) in [7, 11) is 0. The summed E-state index contributed by atoms with van der Waals surface area (Å²) >= 11 is 0. The molecule has 0 radical (unpaired) electrons. The van der Waals surface area contributed by atoms with Crippen LogP contribution in [0.4, 0.5) is 0 Å². The van der Waals surface area contributed by atoms with Crippen molar-refractivity contribution in [3.63, 3.8) is 0 Å². The molecular formula is C10H11N3O6. The predicted molar refractivity (Wildman–Crippen MR) is 63.4 cm³/mol. The van der Waals surface area contributed by atoms with Gasteiger partial charge in [0.25, 0.3) is 0 Å². The summed E-state index contributed by atoms with van der Waals surface area (Å²) in [4.78, 5) is 29.7. The van der Waals surface area contributed by atoms with E-state index in [0.717, 1.165) is 6.92 Å². The van der Waals surface area contributed by atoms with E-state index in [4.69, 9.17) is 0 Å². The summed E-state index contributed by atoms with van der Waals surface area (Å²) in [5.41, 5.74) is -2.45. The van der Waals surface area contributed by atoms with Crippen molar-refractivity contribution < 1.29 is 14.8 Å². The molecule has 19 heavy (non-hydrogen) atoms. The number of nitro groups is 3. The topological polar surface area (TPSA) is 129 Å². The van der Waals surface area contributed by atoms with Crippen molar-refractivity contribution in [2.24, 2.45) is 0 Å². The Morgan fingerprint density at radius 1 is 1.05 bits per heavy atom. The molecule has 9 nitrogen and oxygen atoms in total. The fraction of sp³-hybridized carbons (Fsp3) is 0.400. The summed E-state index contributed by atoms with van der Waals surface area (Å²) in [6.07, 6.45) is 0. The van der Waals surface area contributed by atoms with Crippen LogP contribution < -0.4 is 0 Å². The molecule has 0 aromatic heterocycles. The molecule has 1 rings (SSSR count). The highest BCUT2D eigenvalue weighted by atomic mass is 16.7. The molecule has 0 aliphatic rings. The van der Waals surface area contributed by atoms with Crippen LogP contribution in [0.15, 0.2) is 30.3 Å². The van der Waals surface area contributed by atoms with E-state index in [1.807, 2.05) is 0 Å². The van der Waals surface area contributed by atoms with Gasteiger partial charge in [0.1, 0.15) is 0 Å². The normalized spacial score (nSPS) is 12.7. The smallest absolute Gasteiger partial charge is 0.265 e.